The van der Waals surface area contributed by atoms with Gasteiger partial charge in [-0.3, -0.25) is 9.69 Å². The Morgan fingerprint density at radius 1 is 1.69 bits per heavy atom. The summed E-state index contributed by atoms with van der Waals surface area (Å²) in [5.74, 6) is -0.182. The van der Waals surface area contributed by atoms with E-state index in [2.05, 4.69) is 4.98 Å². The van der Waals surface area contributed by atoms with Gasteiger partial charge in [0.1, 0.15) is 11.0 Å². The van der Waals surface area contributed by atoms with E-state index in [-0.39, 0.29) is 12.0 Å². The number of thiazole rings is 1. The standard InChI is InChI=1S/C11H18N2O2S/c1-5-9(11(14)15-4)13(3)6-10-12-8(2)7-16-10/h7,9H,5-6H2,1-4H3/t9-/m1/s1. The van der Waals surface area contributed by atoms with Crippen LogP contribution in [0.2, 0.25) is 0 Å². The predicted octanol–water partition coefficient (Wildman–Crippen LogP) is 1.83. The normalized spacial score (nSPS) is 12.8. The van der Waals surface area contributed by atoms with E-state index in [0.29, 0.717) is 6.54 Å². The molecule has 0 saturated carbocycles. The first kappa shape index (κ1) is 13.1. The molecule has 16 heavy (non-hydrogen) atoms. The third-order valence-electron chi connectivity index (χ3n) is 2.44. The van der Waals surface area contributed by atoms with Crippen molar-refractivity contribution in [2.45, 2.75) is 32.9 Å². The van der Waals surface area contributed by atoms with Crippen LogP contribution in [-0.2, 0) is 16.1 Å². The molecule has 0 spiro atoms. The van der Waals surface area contributed by atoms with Gasteiger partial charge >= 0.3 is 5.97 Å². The number of carbonyl (C=O) groups is 1. The highest BCUT2D eigenvalue weighted by atomic mass is 32.1. The second-order valence-electron chi connectivity index (χ2n) is 3.74. The highest BCUT2D eigenvalue weighted by Gasteiger charge is 2.22. The van der Waals surface area contributed by atoms with E-state index >= 15 is 0 Å². The number of esters is 1. The van der Waals surface area contributed by atoms with Crippen LogP contribution in [0.4, 0.5) is 0 Å². The van der Waals surface area contributed by atoms with Gasteiger partial charge in [0.25, 0.3) is 0 Å². The van der Waals surface area contributed by atoms with Crippen molar-refractivity contribution in [1.82, 2.24) is 9.88 Å². The molecule has 0 amide bonds. The molecule has 0 bridgehead atoms. The third-order valence-corrected chi connectivity index (χ3v) is 3.39. The maximum Gasteiger partial charge on any atom is 0.323 e. The van der Waals surface area contributed by atoms with Gasteiger partial charge in [0.05, 0.1) is 13.7 Å². The van der Waals surface area contributed by atoms with Gasteiger partial charge < -0.3 is 4.74 Å². The van der Waals surface area contributed by atoms with E-state index in [1.807, 2.05) is 31.2 Å². The number of methoxy groups -OCH3 is 1. The van der Waals surface area contributed by atoms with Gasteiger partial charge in [-0.15, -0.1) is 11.3 Å². The Labute approximate surface area is 100 Å². The molecule has 1 atom stereocenters. The Kier molecular flexibility index (Phi) is 4.89. The Morgan fingerprint density at radius 2 is 2.38 bits per heavy atom. The van der Waals surface area contributed by atoms with E-state index in [0.717, 1.165) is 17.1 Å². The Morgan fingerprint density at radius 3 is 2.81 bits per heavy atom. The molecule has 0 aromatic carbocycles. The molecule has 0 saturated heterocycles. The lowest BCUT2D eigenvalue weighted by Gasteiger charge is -2.23. The van der Waals surface area contributed by atoms with Crippen LogP contribution in [0.3, 0.4) is 0 Å². The summed E-state index contributed by atoms with van der Waals surface area (Å²) in [6, 6.07) is -0.186. The molecule has 0 N–H and O–H groups in total. The van der Waals surface area contributed by atoms with Crippen molar-refractivity contribution in [1.29, 1.82) is 0 Å². The van der Waals surface area contributed by atoms with Crippen molar-refractivity contribution >= 4 is 17.3 Å². The van der Waals surface area contributed by atoms with Crippen molar-refractivity contribution in [2.24, 2.45) is 0 Å². The zero-order chi connectivity index (χ0) is 12.1. The fraction of sp³-hybridized carbons (Fsp3) is 0.636. The average Bonchev–Trinajstić information content (AvgIpc) is 2.64. The molecular weight excluding hydrogens is 224 g/mol. The molecule has 1 heterocycles. The van der Waals surface area contributed by atoms with Crippen LogP contribution in [0.25, 0.3) is 0 Å². The number of ether oxygens (including phenoxy) is 1. The number of aromatic nitrogens is 1. The molecule has 0 aliphatic rings. The summed E-state index contributed by atoms with van der Waals surface area (Å²) in [4.78, 5) is 17.9. The molecule has 1 rings (SSSR count). The zero-order valence-corrected chi connectivity index (χ0v) is 11.0. The zero-order valence-electron chi connectivity index (χ0n) is 10.2. The van der Waals surface area contributed by atoms with E-state index < -0.39 is 0 Å². The molecule has 4 nitrogen and oxygen atoms in total. The lowest BCUT2D eigenvalue weighted by Crippen LogP contribution is -2.38. The molecule has 90 valence electrons. The molecule has 0 radical (unpaired) electrons. The minimum absolute atomic E-state index is 0.182. The summed E-state index contributed by atoms with van der Waals surface area (Å²) in [7, 11) is 3.34. The first-order valence-corrected chi connectivity index (χ1v) is 6.15. The third kappa shape index (κ3) is 3.28. The number of carbonyl (C=O) groups excluding carboxylic acids is 1. The van der Waals surface area contributed by atoms with Crippen molar-refractivity contribution in [2.75, 3.05) is 14.2 Å². The number of hydrogen-bond acceptors (Lipinski definition) is 5. The van der Waals surface area contributed by atoms with Crippen LogP contribution in [0.5, 0.6) is 0 Å². The molecular formula is C11H18N2O2S. The van der Waals surface area contributed by atoms with Crippen LogP contribution in [0.1, 0.15) is 24.0 Å². The molecule has 0 aliphatic carbocycles. The number of likely N-dealkylation sites (N-methyl/N-ethyl adjacent to an activating group) is 1. The Bertz CT molecular complexity index is 352. The maximum atomic E-state index is 11.5. The highest BCUT2D eigenvalue weighted by molar-refractivity contribution is 7.09. The summed E-state index contributed by atoms with van der Waals surface area (Å²) in [5, 5.41) is 3.05. The van der Waals surface area contributed by atoms with Crippen LogP contribution >= 0.6 is 11.3 Å². The first-order chi connectivity index (χ1) is 7.58. The SMILES string of the molecule is CC[C@H](C(=O)OC)N(C)Cc1nc(C)cs1. The fourth-order valence-corrected chi connectivity index (χ4v) is 2.43. The lowest BCUT2D eigenvalue weighted by atomic mass is 10.2. The summed E-state index contributed by atoms with van der Waals surface area (Å²) in [6.45, 7) is 4.63. The van der Waals surface area contributed by atoms with Crippen molar-refractivity contribution in [3.63, 3.8) is 0 Å². The highest BCUT2D eigenvalue weighted by Crippen LogP contribution is 2.14. The van der Waals surface area contributed by atoms with Gasteiger partial charge in [-0.1, -0.05) is 6.92 Å². The van der Waals surface area contributed by atoms with Crippen LogP contribution in [0, 0.1) is 6.92 Å². The quantitative estimate of drug-likeness (QED) is 0.739. The van der Waals surface area contributed by atoms with Gasteiger partial charge in [-0.05, 0) is 20.4 Å². The molecule has 1 aromatic heterocycles. The van der Waals surface area contributed by atoms with Gasteiger partial charge in [-0.2, -0.15) is 0 Å². The monoisotopic (exact) mass is 242 g/mol. The topological polar surface area (TPSA) is 42.4 Å². The Balaban J connectivity index is 2.62. The van der Waals surface area contributed by atoms with E-state index in [1.54, 1.807) is 11.3 Å². The van der Waals surface area contributed by atoms with Crippen molar-refractivity contribution in [3.05, 3.63) is 16.1 Å². The second-order valence-corrected chi connectivity index (χ2v) is 4.69. The molecule has 0 unspecified atom stereocenters. The van der Waals surface area contributed by atoms with Crippen LogP contribution in [0.15, 0.2) is 5.38 Å². The fourth-order valence-electron chi connectivity index (χ4n) is 1.59. The first-order valence-electron chi connectivity index (χ1n) is 5.27. The van der Waals surface area contributed by atoms with Crippen LogP contribution < -0.4 is 0 Å². The summed E-state index contributed by atoms with van der Waals surface area (Å²) in [6.07, 6.45) is 0.744. The lowest BCUT2D eigenvalue weighted by molar-refractivity contribution is -0.146. The summed E-state index contributed by atoms with van der Waals surface area (Å²) < 4.78 is 4.77. The van der Waals surface area contributed by atoms with Crippen molar-refractivity contribution in [3.8, 4) is 0 Å². The number of aryl methyl sites for hydroxylation is 1. The summed E-state index contributed by atoms with van der Waals surface area (Å²) >= 11 is 1.62. The molecule has 1 aromatic rings. The van der Waals surface area contributed by atoms with Gasteiger partial charge in [0.2, 0.25) is 0 Å². The second kappa shape index (κ2) is 5.96. The van der Waals surface area contributed by atoms with Gasteiger partial charge in [0, 0.05) is 11.1 Å². The van der Waals surface area contributed by atoms with E-state index in [9.17, 15) is 4.79 Å². The minimum atomic E-state index is -0.186. The van der Waals surface area contributed by atoms with E-state index in [1.165, 1.54) is 7.11 Å². The number of nitrogens with zero attached hydrogens (tertiary/aromatic N) is 2. The van der Waals surface area contributed by atoms with Gasteiger partial charge in [0.15, 0.2) is 0 Å². The van der Waals surface area contributed by atoms with Gasteiger partial charge in [-0.25, -0.2) is 4.98 Å². The number of hydrogen-bond donors (Lipinski definition) is 0. The number of rotatable bonds is 5. The van der Waals surface area contributed by atoms with Crippen LogP contribution in [-0.4, -0.2) is 36.1 Å². The minimum Gasteiger partial charge on any atom is -0.468 e. The largest absolute Gasteiger partial charge is 0.468 e. The molecule has 5 heteroatoms. The Hall–Kier alpha value is -0.940. The molecule has 0 fully saturated rings. The predicted molar refractivity (Wildman–Crippen MR) is 64.4 cm³/mol. The smallest absolute Gasteiger partial charge is 0.323 e. The summed E-state index contributed by atoms with van der Waals surface area (Å²) in [5.41, 5.74) is 1.03. The average molecular weight is 242 g/mol. The van der Waals surface area contributed by atoms with E-state index in [4.69, 9.17) is 4.74 Å². The maximum absolute atomic E-state index is 11.5. The molecule has 0 aliphatic heterocycles. The van der Waals surface area contributed by atoms with Crippen molar-refractivity contribution < 1.29 is 9.53 Å².